The van der Waals surface area contributed by atoms with Gasteiger partial charge in [0.05, 0.1) is 23.1 Å². The van der Waals surface area contributed by atoms with Crippen LogP contribution in [0.1, 0.15) is 29.4 Å². The topological polar surface area (TPSA) is 80.0 Å². The van der Waals surface area contributed by atoms with Crippen molar-refractivity contribution in [2.45, 2.75) is 26.3 Å². The lowest BCUT2D eigenvalue weighted by Gasteiger charge is -2.12. The maximum Gasteiger partial charge on any atom is 0.254 e. The number of carbonyl (C=O) groups is 1. The Kier molecular flexibility index (Phi) is 4.47. The molecule has 106 valence electrons. The lowest BCUT2D eigenvalue weighted by molar-refractivity contribution is 0.0934. The van der Waals surface area contributed by atoms with Crippen molar-refractivity contribution in [2.75, 3.05) is 6.61 Å². The average molecular weight is 274 g/mol. The van der Waals surface area contributed by atoms with Crippen LogP contribution in [0.15, 0.2) is 30.7 Å². The van der Waals surface area contributed by atoms with Crippen molar-refractivity contribution in [3.8, 4) is 5.69 Å². The zero-order chi connectivity index (χ0) is 14.5. The lowest BCUT2D eigenvalue weighted by Crippen LogP contribution is -2.33. The third-order valence-corrected chi connectivity index (χ3v) is 3.10. The van der Waals surface area contributed by atoms with E-state index in [1.807, 2.05) is 26.0 Å². The summed E-state index contributed by atoms with van der Waals surface area (Å²) in [5, 5.41) is 15.9. The maximum absolute atomic E-state index is 12.1. The molecule has 2 rings (SSSR count). The van der Waals surface area contributed by atoms with Crippen molar-refractivity contribution >= 4 is 5.91 Å². The molecule has 0 fully saturated rings. The summed E-state index contributed by atoms with van der Waals surface area (Å²) in [4.78, 5) is 16.1. The van der Waals surface area contributed by atoms with Crippen molar-refractivity contribution in [1.29, 1.82) is 0 Å². The molecule has 2 N–H and O–H groups in total. The third kappa shape index (κ3) is 3.03. The van der Waals surface area contributed by atoms with Crippen molar-refractivity contribution in [3.63, 3.8) is 0 Å². The van der Waals surface area contributed by atoms with Crippen LogP contribution in [0.3, 0.4) is 0 Å². The molecule has 1 amide bonds. The van der Waals surface area contributed by atoms with Crippen molar-refractivity contribution < 1.29 is 9.90 Å². The molecule has 0 aliphatic heterocycles. The fourth-order valence-electron chi connectivity index (χ4n) is 1.95. The summed E-state index contributed by atoms with van der Waals surface area (Å²) in [5.74, 6) is -0.177. The monoisotopic (exact) mass is 274 g/mol. The van der Waals surface area contributed by atoms with Crippen molar-refractivity contribution in [1.82, 2.24) is 20.1 Å². The Morgan fingerprint density at radius 1 is 1.45 bits per heavy atom. The highest BCUT2D eigenvalue weighted by Crippen LogP contribution is 2.13. The van der Waals surface area contributed by atoms with Gasteiger partial charge >= 0.3 is 0 Å². The fourth-order valence-corrected chi connectivity index (χ4v) is 1.95. The van der Waals surface area contributed by atoms with Gasteiger partial charge in [-0.3, -0.25) is 9.78 Å². The molecule has 2 aromatic heterocycles. The second kappa shape index (κ2) is 6.29. The summed E-state index contributed by atoms with van der Waals surface area (Å²) in [6.45, 7) is 3.76. The minimum absolute atomic E-state index is 0.0523. The lowest BCUT2D eigenvalue weighted by atomic mass is 10.2. The number of carbonyl (C=O) groups excluding carboxylic acids is 1. The van der Waals surface area contributed by atoms with Crippen LogP contribution in [-0.4, -0.2) is 38.4 Å². The van der Waals surface area contributed by atoms with Gasteiger partial charge in [-0.25, -0.2) is 4.68 Å². The molecule has 0 bridgehead atoms. The highest BCUT2D eigenvalue weighted by atomic mass is 16.3. The van der Waals surface area contributed by atoms with Gasteiger partial charge in [0.25, 0.3) is 5.91 Å². The molecule has 0 saturated heterocycles. The van der Waals surface area contributed by atoms with E-state index in [9.17, 15) is 4.79 Å². The van der Waals surface area contributed by atoms with Gasteiger partial charge in [-0.05, 0) is 32.4 Å². The Labute approximate surface area is 117 Å². The van der Waals surface area contributed by atoms with Gasteiger partial charge in [-0.1, -0.05) is 0 Å². The molecule has 1 unspecified atom stereocenters. The second-order valence-corrected chi connectivity index (χ2v) is 4.65. The maximum atomic E-state index is 12.1. The Bertz CT molecular complexity index is 580. The molecule has 6 nitrogen and oxygen atoms in total. The van der Waals surface area contributed by atoms with E-state index in [4.69, 9.17) is 5.11 Å². The van der Waals surface area contributed by atoms with Crippen LogP contribution in [0.5, 0.6) is 0 Å². The number of pyridine rings is 1. The fraction of sp³-hybridized carbons (Fsp3) is 0.357. The number of hydrogen-bond donors (Lipinski definition) is 2. The highest BCUT2D eigenvalue weighted by molar-refractivity contribution is 5.95. The summed E-state index contributed by atoms with van der Waals surface area (Å²) in [6.07, 6.45) is 5.44. The van der Waals surface area contributed by atoms with Gasteiger partial charge in [0.2, 0.25) is 0 Å². The van der Waals surface area contributed by atoms with Gasteiger partial charge in [0, 0.05) is 25.0 Å². The molecular formula is C14H18N4O2. The van der Waals surface area contributed by atoms with Crippen LogP contribution >= 0.6 is 0 Å². The first kappa shape index (κ1) is 14.2. The van der Waals surface area contributed by atoms with Gasteiger partial charge in [-0.15, -0.1) is 0 Å². The first-order valence-electron chi connectivity index (χ1n) is 6.50. The van der Waals surface area contributed by atoms with Crippen LogP contribution in [0, 0.1) is 6.92 Å². The highest BCUT2D eigenvalue weighted by Gasteiger charge is 2.16. The van der Waals surface area contributed by atoms with E-state index in [1.54, 1.807) is 23.3 Å². The van der Waals surface area contributed by atoms with Crippen molar-refractivity contribution in [3.05, 3.63) is 42.0 Å². The number of rotatable bonds is 5. The Morgan fingerprint density at radius 3 is 2.80 bits per heavy atom. The molecule has 1 atom stereocenters. The van der Waals surface area contributed by atoms with E-state index >= 15 is 0 Å². The molecule has 20 heavy (non-hydrogen) atoms. The summed E-state index contributed by atoms with van der Waals surface area (Å²) in [7, 11) is 0. The molecule has 0 aliphatic rings. The van der Waals surface area contributed by atoms with Crippen LogP contribution in [-0.2, 0) is 0 Å². The number of aliphatic hydroxyl groups excluding tert-OH is 1. The summed E-state index contributed by atoms with van der Waals surface area (Å²) in [5.41, 5.74) is 2.16. The third-order valence-electron chi connectivity index (χ3n) is 3.10. The molecule has 0 aromatic carbocycles. The quantitative estimate of drug-likeness (QED) is 0.855. The SMILES string of the molecule is Cc1c(C(=O)NC(C)CCO)cnn1-c1ccncc1. The Hall–Kier alpha value is -2.21. The smallest absolute Gasteiger partial charge is 0.254 e. The van der Waals surface area contributed by atoms with Crippen LogP contribution in [0.4, 0.5) is 0 Å². The number of amides is 1. The molecule has 2 aromatic rings. The minimum atomic E-state index is -0.177. The predicted octanol–water partition coefficient (Wildman–Crippen LogP) is 1.08. The van der Waals surface area contributed by atoms with E-state index in [-0.39, 0.29) is 18.6 Å². The van der Waals surface area contributed by atoms with E-state index < -0.39 is 0 Å². The molecule has 0 spiro atoms. The summed E-state index contributed by atoms with van der Waals surface area (Å²) >= 11 is 0. The Balaban J connectivity index is 2.19. The van der Waals surface area contributed by atoms with Crippen LogP contribution in [0.2, 0.25) is 0 Å². The number of hydrogen-bond acceptors (Lipinski definition) is 4. The molecule has 0 saturated carbocycles. The van der Waals surface area contributed by atoms with Crippen LogP contribution < -0.4 is 5.32 Å². The summed E-state index contributed by atoms with van der Waals surface area (Å²) in [6, 6.07) is 3.59. The number of nitrogens with one attached hydrogen (secondary N) is 1. The first-order valence-corrected chi connectivity index (χ1v) is 6.50. The number of nitrogens with zero attached hydrogens (tertiary/aromatic N) is 3. The van der Waals surface area contributed by atoms with E-state index in [2.05, 4.69) is 15.4 Å². The van der Waals surface area contributed by atoms with E-state index in [1.165, 1.54) is 0 Å². The minimum Gasteiger partial charge on any atom is -0.396 e. The number of aromatic nitrogens is 3. The average Bonchev–Trinajstić information content (AvgIpc) is 2.82. The Morgan fingerprint density at radius 2 is 2.15 bits per heavy atom. The van der Waals surface area contributed by atoms with Gasteiger partial charge in [0.15, 0.2) is 0 Å². The molecular weight excluding hydrogens is 256 g/mol. The van der Waals surface area contributed by atoms with Gasteiger partial charge < -0.3 is 10.4 Å². The second-order valence-electron chi connectivity index (χ2n) is 4.65. The largest absolute Gasteiger partial charge is 0.396 e. The molecule has 2 heterocycles. The number of aliphatic hydroxyl groups is 1. The molecule has 0 radical (unpaired) electrons. The zero-order valence-electron chi connectivity index (χ0n) is 11.6. The first-order chi connectivity index (χ1) is 9.63. The standard InChI is InChI=1S/C14H18N4O2/c1-10(5-8-19)17-14(20)13-9-16-18(11(13)2)12-3-6-15-7-4-12/h3-4,6-7,9-10,19H,5,8H2,1-2H3,(H,17,20). The van der Waals surface area contributed by atoms with E-state index in [0.717, 1.165) is 11.4 Å². The normalized spacial score (nSPS) is 12.2. The van der Waals surface area contributed by atoms with Gasteiger partial charge in [-0.2, -0.15) is 5.10 Å². The van der Waals surface area contributed by atoms with Gasteiger partial charge in [0.1, 0.15) is 0 Å². The molecule has 6 heteroatoms. The van der Waals surface area contributed by atoms with Crippen LogP contribution in [0.25, 0.3) is 5.69 Å². The van der Waals surface area contributed by atoms with E-state index in [0.29, 0.717) is 12.0 Å². The zero-order valence-corrected chi connectivity index (χ0v) is 11.6. The van der Waals surface area contributed by atoms with Crippen molar-refractivity contribution in [2.24, 2.45) is 0 Å². The predicted molar refractivity (Wildman–Crippen MR) is 74.7 cm³/mol. The molecule has 0 aliphatic carbocycles. The summed E-state index contributed by atoms with van der Waals surface area (Å²) < 4.78 is 1.70.